The molecule has 116 valence electrons. The van der Waals surface area contributed by atoms with Crippen molar-refractivity contribution in [1.82, 2.24) is 10.4 Å². The van der Waals surface area contributed by atoms with Crippen LogP contribution in [0.1, 0.15) is 12.5 Å². The lowest BCUT2D eigenvalue weighted by Gasteiger charge is -2.10. The van der Waals surface area contributed by atoms with Crippen LogP contribution in [-0.2, 0) is 4.79 Å². The fraction of sp³-hybridized carbons (Fsp3) is 0.118. The summed E-state index contributed by atoms with van der Waals surface area (Å²) in [6.07, 6.45) is 1.61. The Kier molecular flexibility index (Phi) is 4.63. The molecule has 0 unspecified atom stereocenters. The summed E-state index contributed by atoms with van der Waals surface area (Å²) in [7, 11) is 0. The van der Waals surface area contributed by atoms with E-state index in [0.717, 1.165) is 20.9 Å². The first kappa shape index (κ1) is 15.2. The number of para-hydroxylation sites is 1. The minimum absolute atomic E-state index is 0.212. The van der Waals surface area contributed by atoms with Gasteiger partial charge >= 0.3 is 0 Å². The number of carbonyl (C=O) groups is 1. The molecule has 1 amide bonds. The highest BCUT2D eigenvalue weighted by Gasteiger charge is 2.13. The lowest BCUT2D eigenvalue weighted by molar-refractivity contribution is -0.121. The van der Waals surface area contributed by atoms with E-state index in [1.165, 1.54) is 11.3 Å². The van der Waals surface area contributed by atoms with Crippen LogP contribution in [0.5, 0.6) is 0 Å². The number of hydrazone groups is 1. The van der Waals surface area contributed by atoms with Crippen LogP contribution in [0, 0.1) is 0 Å². The monoisotopic (exact) mass is 324 g/mol. The fourth-order valence-electron chi connectivity index (χ4n) is 1.99. The van der Waals surface area contributed by atoms with Gasteiger partial charge in [0.05, 0.1) is 16.4 Å². The third kappa shape index (κ3) is 3.92. The van der Waals surface area contributed by atoms with Gasteiger partial charge in [0.1, 0.15) is 6.04 Å². The van der Waals surface area contributed by atoms with Gasteiger partial charge in [-0.3, -0.25) is 4.79 Å². The zero-order valence-corrected chi connectivity index (χ0v) is 13.4. The predicted molar refractivity (Wildman–Crippen MR) is 94.9 cm³/mol. The van der Waals surface area contributed by atoms with Crippen molar-refractivity contribution in [3.05, 3.63) is 60.2 Å². The van der Waals surface area contributed by atoms with Crippen molar-refractivity contribution >= 4 is 38.8 Å². The Morgan fingerprint density at radius 2 is 1.91 bits per heavy atom. The quantitative estimate of drug-likeness (QED) is 0.559. The molecule has 1 heterocycles. The molecule has 3 rings (SSSR count). The number of carbonyl (C=O) groups excluding carboxylic acids is 1. The SMILES string of the molecule is C[C@H](Nc1nc2ccccc2s1)C(=O)N/N=C\c1ccccc1. The van der Waals surface area contributed by atoms with Gasteiger partial charge in [-0.25, -0.2) is 10.4 Å². The summed E-state index contributed by atoms with van der Waals surface area (Å²) in [6, 6.07) is 17.0. The van der Waals surface area contributed by atoms with Gasteiger partial charge in [-0.15, -0.1) is 0 Å². The summed E-state index contributed by atoms with van der Waals surface area (Å²) < 4.78 is 1.09. The number of hydrogen-bond acceptors (Lipinski definition) is 5. The van der Waals surface area contributed by atoms with Gasteiger partial charge < -0.3 is 5.32 Å². The zero-order valence-electron chi connectivity index (χ0n) is 12.6. The highest BCUT2D eigenvalue weighted by molar-refractivity contribution is 7.22. The van der Waals surface area contributed by atoms with Gasteiger partial charge in [-0.2, -0.15) is 5.10 Å². The maximum Gasteiger partial charge on any atom is 0.262 e. The van der Waals surface area contributed by atoms with Crippen LogP contribution < -0.4 is 10.7 Å². The first-order valence-corrected chi connectivity index (χ1v) is 8.04. The maximum absolute atomic E-state index is 12.0. The second kappa shape index (κ2) is 7.02. The molecule has 0 aliphatic heterocycles. The van der Waals surface area contributed by atoms with Gasteiger partial charge in [0, 0.05) is 0 Å². The summed E-state index contributed by atoms with van der Waals surface area (Å²) in [5.74, 6) is -0.212. The molecule has 0 spiro atoms. The van der Waals surface area contributed by atoms with E-state index >= 15 is 0 Å². The number of nitrogens with one attached hydrogen (secondary N) is 2. The fourth-order valence-corrected chi connectivity index (χ4v) is 2.94. The highest BCUT2D eigenvalue weighted by atomic mass is 32.1. The van der Waals surface area contributed by atoms with Gasteiger partial charge in [0.25, 0.3) is 5.91 Å². The Morgan fingerprint density at radius 3 is 2.70 bits per heavy atom. The number of thiazole rings is 1. The number of aromatic nitrogens is 1. The average Bonchev–Trinajstić information content (AvgIpc) is 2.98. The van der Waals surface area contributed by atoms with E-state index in [9.17, 15) is 4.79 Å². The van der Waals surface area contributed by atoms with Crippen molar-refractivity contribution in [2.75, 3.05) is 5.32 Å². The molecule has 6 heteroatoms. The molecule has 0 aliphatic rings. The summed E-state index contributed by atoms with van der Waals surface area (Å²) >= 11 is 1.52. The number of benzene rings is 2. The van der Waals surface area contributed by atoms with Crippen molar-refractivity contribution in [2.45, 2.75) is 13.0 Å². The number of nitrogens with zero attached hydrogens (tertiary/aromatic N) is 2. The predicted octanol–water partition coefficient (Wildman–Crippen LogP) is 3.25. The number of anilines is 1. The first-order chi connectivity index (χ1) is 11.2. The van der Waals surface area contributed by atoms with Crippen LogP contribution in [0.2, 0.25) is 0 Å². The smallest absolute Gasteiger partial charge is 0.262 e. The molecule has 23 heavy (non-hydrogen) atoms. The third-order valence-electron chi connectivity index (χ3n) is 3.22. The highest BCUT2D eigenvalue weighted by Crippen LogP contribution is 2.25. The average molecular weight is 324 g/mol. The first-order valence-electron chi connectivity index (χ1n) is 7.22. The minimum Gasteiger partial charge on any atom is -0.350 e. The van der Waals surface area contributed by atoms with Crippen LogP contribution in [0.25, 0.3) is 10.2 Å². The molecular weight excluding hydrogens is 308 g/mol. The van der Waals surface area contributed by atoms with Crippen molar-refractivity contribution in [3.63, 3.8) is 0 Å². The van der Waals surface area contributed by atoms with Crippen LogP contribution in [0.15, 0.2) is 59.7 Å². The van der Waals surface area contributed by atoms with Crippen molar-refractivity contribution in [1.29, 1.82) is 0 Å². The molecule has 2 aromatic carbocycles. The molecule has 0 saturated carbocycles. The topological polar surface area (TPSA) is 66.4 Å². The molecule has 0 saturated heterocycles. The maximum atomic E-state index is 12.0. The van der Waals surface area contributed by atoms with Crippen molar-refractivity contribution in [3.8, 4) is 0 Å². The van der Waals surface area contributed by atoms with E-state index in [1.807, 2.05) is 54.6 Å². The number of amides is 1. The van der Waals surface area contributed by atoms with Gasteiger partial charge in [0.2, 0.25) is 0 Å². The van der Waals surface area contributed by atoms with Crippen LogP contribution in [0.4, 0.5) is 5.13 Å². The van der Waals surface area contributed by atoms with E-state index in [2.05, 4.69) is 20.8 Å². The molecule has 0 bridgehead atoms. The summed E-state index contributed by atoms with van der Waals surface area (Å²) in [5, 5.41) is 7.79. The van der Waals surface area contributed by atoms with E-state index in [4.69, 9.17) is 0 Å². The summed E-state index contributed by atoms with van der Waals surface area (Å²) in [4.78, 5) is 16.5. The van der Waals surface area contributed by atoms with E-state index in [1.54, 1.807) is 13.1 Å². The second-order valence-electron chi connectivity index (χ2n) is 5.00. The molecule has 0 fully saturated rings. The number of hydrogen-bond donors (Lipinski definition) is 2. The lowest BCUT2D eigenvalue weighted by Crippen LogP contribution is -2.34. The zero-order chi connectivity index (χ0) is 16.1. The third-order valence-corrected chi connectivity index (χ3v) is 4.18. The van der Waals surface area contributed by atoms with E-state index in [-0.39, 0.29) is 5.91 Å². The second-order valence-corrected chi connectivity index (χ2v) is 6.03. The van der Waals surface area contributed by atoms with E-state index < -0.39 is 6.04 Å². The normalized spacial score (nSPS) is 12.4. The Labute approximate surface area is 138 Å². The largest absolute Gasteiger partial charge is 0.350 e. The standard InChI is InChI=1S/C17H16N4OS/c1-12(16(22)21-18-11-13-7-3-2-4-8-13)19-17-20-14-9-5-6-10-15(14)23-17/h2-12H,1H3,(H,19,20)(H,21,22)/b18-11-/t12-/m0/s1. The molecule has 0 radical (unpaired) electrons. The van der Waals surface area contributed by atoms with Crippen LogP contribution in [-0.4, -0.2) is 23.1 Å². The Hall–Kier alpha value is -2.73. The Balaban J connectivity index is 1.58. The Morgan fingerprint density at radius 1 is 1.17 bits per heavy atom. The molecular formula is C17H16N4OS. The molecule has 0 aliphatic carbocycles. The summed E-state index contributed by atoms with van der Waals surface area (Å²) in [5.41, 5.74) is 4.39. The van der Waals surface area contributed by atoms with Crippen LogP contribution in [0.3, 0.4) is 0 Å². The van der Waals surface area contributed by atoms with Crippen LogP contribution >= 0.6 is 11.3 Å². The molecule has 3 aromatic rings. The lowest BCUT2D eigenvalue weighted by atomic mass is 10.2. The molecule has 5 nitrogen and oxygen atoms in total. The Bertz CT molecular complexity index is 796. The number of fused-ring (bicyclic) bond motifs is 1. The van der Waals surface area contributed by atoms with Gasteiger partial charge in [-0.1, -0.05) is 53.8 Å². The van der Waals surface area contributed by atoms with Gasteiger partial charge in [0.15, 0.2) is 5.13 Å². The van der Waals surface area contributed by atoms with Gasteiger partial charge in [-0.05, 0) is 24.6 Å². The summed E-state index contributed by atoms with van der Waals surface area (Å²) in [6.45, 7) is 1.78. The van der Waals surface area contributed by atoms with Crippen molar-refractivity contribution < 1.29 is 4.79 Å². The van der Waals surface area contributed by atoms with Crippen molar-refractivity contribution in [2.24, 2.45) is 5.10 Å². The number of rotatable bonds is 5. The molecule has 2 N–H and O–H groups in total. The molecule has 1 aromatic heterocycles. The molecule has 1 atom stereocenters. The minimum atomic E-state index is -0.427. The van der Waals surface area contributed by atoms with E-state index in [0.29, 0.717) is 0 Å².